The molecular weight excluding hydrogens is 304 g/mol. The molecule has 0 aliphatic rings. The van der Waals surface area contributed by atoms with Crippen molar-refractivity contribution >= 4 is 34.6 Å². The van der Waals surface area contributed by atoms with Crippen molar-refractivity contribution < 1.29 is 0 Å². The monoisotopic (exact) mass is 332 g/mol. The van der Waals surface area contributed by atoms with Crippen molar-refractivity contribution in [2.24, 2.45) is 11.8 Å². The van der Waals surface area contributed by atoms with E-state index in [4.69, 9.17) is 0 Å². The average Bonchev–Trinajstić information content (AvgIpc) is 2.56. The minimum atomic E-state index is 0.505. The summed E-state index contributed by atoms with van der Waals surface area (Å²) in [4.78, 5) is 18.2. The number of nitrogens with zero attached hydrogens (tertiary/aromatic N) is 4. The average molecular weight is 332 g/mol. The number of anilines is 4. The van der Waals surface area contributed by atoms with Gasteiger partial charge in [-0.3, -0.25) is 0 Å². The van der Waals surface area contributed by atoms with E-state index in [1.165, 1.54) is 0 Å². The predicted octanol–water partition coefficient (Wildman–Crippen LogP) is 2.64. The highest BCUT2D eigenvalue weighted by Gasteiger charge is 2.15. The molecule has 0 unspecified atom stereocenters. The zero-order valence-electron chi connectivity index (χ0n) is 15.4. The molecule has 0 bridgehead atoms. The van der Waals surface area contributed by atoms with E-state index in [0.29, 0.717) is 46.4 Å². The minimum absolute atomic E-state index is 0.505. The van der Waals surface area contributed by atoms with Gasteiger partial charge in [0.1, 0.15) is 11.0 Å². The van der Waals surface area contributed by atoms with E-state index in [9.17, 15) is 0 Å². The summed E-state index contributed by atoms with van der Waals surface area (Å²) in [6.07, 6.45) is 0. The lowest BCUT2D eigenvalue weighted by Gasteiger charge is -2.14. The van der Waals surface area contributed by atoms with Crippen LogP contribution in [0.4, 0.5) is 23.5 Å². The second-order valence-corrected chi connectivity index (χ2v) is 6.54. The fourth-order valence-corrected chi connectivity index (χ4v) is 2.11. The Morgan fingerprint density at radius 2 is 1.04 bits per heavy atom. The van der Waals surface area contributed by atoms with Gasteiger partial charge in [-0.2, -0.15) is 9.97 Å². The minimum Gasteiger partial charge on any atom is -0.371 e. The van der Waals surface area contributed by atoms with Gasteiger partial charge in [0.25, 0.3) is 0 Å². The molecule has 0 aromatic carbocycles. The van der Waals surface area contributed by atoms with Crippen molar-refractivity contribution in [1.29, 1.82) is 0 Å². The van der Waals surface area contributed by atoms with Crippen LogP contribution in [-0.2, 0) is 0 Å². The van der Waals surface area contributed by atoms with Crippen molar-refractivity contribution in [2.75, 3.05) is 48.5 Å². The fourth-order valence-electron chi connectivity index (χ4n) is 2.11. The van der Waals surface area contributed by atoms with Crippen molar-refractivity contribution in [2.45, 2.75) is 27.7 Å². The molecule has 2 rings (SSSR count). The third-order valence-electron chi connectivity index (χ3n) is 3.35. The summed E-state index contributed by atoms with van der Waals surface area (Å²) in [5.74, 6) is 3.51. The first-order chi connectivity index (χ1) is 11.4. The van der Waals surface area contributed by atoms with Crippen LogP contribution in [-0.4, -0.2) is 47.1 Å². The summed E-state index contributed by atoms with van der Waals surface area (Å²) in [5, 5.41) is 12.7. The van der Waals surface area contributed by atoms with Gasteiger partial charge < -0.3 is 21.3 Å². The highest BCUT2D eigenvalue weighted by molar-refractivity contribution is 5.94. The lowest BCUT2D eigenvalue weighted by molar-refractivity contribution is 0.684. The Labute approximate surface area is 143 Å². The van der Waals surface area contributed by atoms with Gasteiger partial charge >= 0.3 is 0 Å². The van der Waals surface area contributed by atoms with E-state index < -0.39 is 0 Å². The molecule has 0 atom stereocenters. The summed E-state index contributed by atoms with van der Waals surface area (Å²) in [6, 6.07) is 0. The number of hydrogen-bond acceptors (Lipinski definition) is 8. The number of nitrogens with one attached hydrogen (secondary N) is 4. The Morgan fingerprint density at radius 1 is 0.667 bits per heavy atom. The Balaban J connectivity index is 2.47. The van der Waals surface area contributed by atoms with Gasteiger partial charge in [0.15, 0.2) is 11.6 Å². The highest BCUT2D eigenvalue weighted by Crippen LogP contribution is 2.26. The van der Waals surface area contributed by atoms with Crippen molar-refractivity contribution in [1.82, 2.24) is 19.9 Å². The van der Waals surface area contributed by atoms with E-state index in [1.807, 2.05) is 14.1 Å². The largest absolute Gasteiger partial charge is 0.371 e. The molecule has 0 saturated heterocycles. The molecule has 8 heteroatoms. The van der Waals surface area contributed by atoms with Crippen molar-refractivity contribution in [3.05, 3.63) is 0 Å². The molecule has 0 radical (unpaired) electrons. The van der Waals surface area contributed by atoms with Gasteiger partial charge in [-0.05, 0) is 11.8 Å². The van der Waals surface area contributed by atoms with Crippen LogP contribution in [0, 0.1) is 11.8 Å². The van der Waals surface area contributed by atoms with Gasteiger partial charge in [-0.1, -0.05) is 27.7 Å². The summed E-state index contributed by atoms with van der Waals surface area (Å²) in [6.45, 7) is 10.2. The summed E-state index contributed by atoms with van der Waals surface area (Å²) >= 11 is 0. The second kappa shape index (κ2) is 7.94. The number of rotatable bonds is 8. The molecule has 0 fully saturated rings. The van der Waals surface area contributed by atoms with Crippen molar-refractivity contribution in [3.63, 3.8) is 0 Å². The van der Waals surface area contributed by atoms with Crippen LogP contribution in [0.5, 0.6) is 0 Å². The van der Waals surface area contributed by atoms with E-state index in [2.05, 4.69) is 68.9 Å². The van der Waals surface area contributed by atoms with Gasteiger partial charge in [-0.15, -0.1) is 0 Å². The number of aromatic nitrogens is 4. The first-order valence-electron chi connectivity index (χ1n) is 8.37. The molecule has 0 aliphatic carbocycles. The van der Waals surface area contributed by atoms with E-state index >= 15 is 0 Å². The van der Waals surface area contributed by atoms with Gasteiger partial charge in [0.2, 0.25) is 11.9 Å². The van der Waals surface area contributed by atoms with Crippen LogP contribution in [0.3, 0.4) is 0 Å². The maximum absolute atomic E-state index is 4.59. The molecule has 0 amide bonds. The SMILES string of the molecule is CNc1nc(NCC(C)C)nc2c(NC)nc(NCC(C)C)nc12. The molecule has 4 N–H and O–H groups in total. The van der Waals surface area contributed by atoms with Crippen LogP contribution in [0.15, 0.2) is 0 Å². The zero-order chi connectivity index (χ0) is 17.7. The zero-order valence-corrected chi connectivity index (χ0v) is 15.4. The molecule has 132 valence electrons. The maximum atomic E-state index is 4.59. The number of fused-ring (bicyclic) bond motifs is 1. The second-order valence-electron chi connectivity index (χ2n) is 6.54. The normalized spacial score (nSPS) is 11.2. The van der Waals surface area contributed by atoms with Crippen LogP contribution >= 0.6 is 0 Å². The lowest BCUT2D eigenvalue weighted by Crippen LogP contribution is -2.14. The predicted molar refractivity (Wildman–Crippen MR) is 101 cm³/mol. The Morgan fingerprint density at radius 3 is 1.33 bits per heavy atom. The Hall–Kier alpha value is -2.38. The van der Waals surface area contributed by atoms with Crippen LogP contribution in [0.25, 0.3) is 11.0 Å². The molecule has 0 saturated carbocycles. The van der Waals surface area contributed by atoms with Gasteiger partial charge in [-0.25, -0.2) is 9.97 Å². The molecular formula is C16H28N8. The summed E-state index contributed by atoms with van der Waals surface area (Å²) in [7, 11) is 3.66. The molecule has 2 aromatic rings. The molecule has 2 aromatic heterocycles. The molecule has 0 spiro atoms. The van der Waals surface area contributed by atoms with Gasteiger partial charge in [0, 0.05) is 27.2 Å². The highest BCUT2D eigenvalue weighted by atomic mass is 15.2. The third-order valence-corrected chi connectivity index (χ3v) is 3.35. The smallest absolute Gasteiger partial charge is 0.225 e. The number of hydrogen-bond donors (Lipinski definition) is 4. The third kappa shape index (κ3) is 4.33. The van der Waals surface area contributed by atoms with E-state index in [-0.39, 0.29) is 0 Å². The van der Waals surface area contributed by atoms with Crippen LogP contribution < -0.4 is 21.3 Å². The van der Waals surface area contributed by atoms with E-state index in [0.717, 1.165) is 13.1 Å². The summed E-state index contributed by atoms with van der Waals surface area (Å²) < 4.78 is 0. The van der Waals surface area contributed by atoms with Gasteiger partial charge in [0.05, 0.1) is 0 Å². The quantitative estimate of drug-likeness (QED) is 0.585. The first-order valence-corrected chi connectivity index (χ1v) is 8.37. The standard InChI is InChI=1S/C16H28N8/c1-9(2)7-19-15-21-11-12(13(17-5)23-15)22-16(20-8-10(3)4)24-14(11)18-6/h9-10H,7-8H2,1-6H3,(H2,17,19,21,23)(H2,18,20,22,24). The topological polar surface area (TPSA) is 99.7 Å². The van der Waals surface area contributed by atoms with Crippen LogP contribution in [0.2, 0.25) is 0 Å². The first kappa shape index (κ1) is 18.0. The molecule has 0 aliphatic heterocycles. The molecule has 2 heterocycles. The Kier molecular flexibility index (Phi) is 5.94. The Bertz CT molecular complexity index is 624. The summed E-state index contributed by atoms with van der Waals surface area (Å²) in [5.41, 5.74) is 1.39. The lowest BCUT2D eigenvalue weighted by atomic mass is 10.2. The maximum Gasteiger partial charge on any atom is 0.225 e. The molecule has 8 nitrogen and oxygen atoms in total. The van der Waals surface area contributed by atoms with Crippen molar-refractivity contribution in [3.8, 4) is 0 Å². The van der Waals surface area contributed by atoms with Crippen LogP contribution in [0.1, 0.15) is 27.7 Å². The molecule has 24 heavy (non-hydrogen) atoms. The van der Waals surface area contributed by atoms with E-state index in [1.54, 1.807) is 0 Å². The fraction of sp³-hybridized carbons (Fsp3) is 0.625.